The molecule has 2 aliphatic rings. The lowest BCUT2D eigenvalue weighted by atomic mass is 9.77. The van der Waals surface area contributed by atoms with Crippen molar-refractivity contribution in [3.05, 3.63) is 141 Å². The van der Waals surface area contributed by atoms with Gasteiger partial charge in [-0.05, 0) is 91.5 Å². The van der Waals surface area contributed by atoms with Crippen molar-refractivity contribution >= 4 is 51.3 Å². The molecule has 0 spiro atoms. The summed E-state index contributed by atoms with van der Waals surface area (Å²) in [7, 11) is 4.19. The molecule has 0 radical (unpaired) electrons. The van der Waals surface area contributed by atoms with Crippen molar-refractivity contribution in [2.24, 2.45) is 0 Å². The van der Waals surface area contributed by atoms with Gasteiger partial charge < -0.3 is 20.4 Å². The Balaban J connectivity index is 0.000000167. The SMILES string of the molecule is CN1CCN(c2cccc3ccc(NC(=O)c4ccccc4)cc23)CC1.CN[C@H]1CC[C@@H](c2ccc(Cl)c(Cl)c2)c2ccccc21. The number of hydrogen-bond acceptors (Lipinski definition) is 4. The Bertz CT molecular complexity index is 1800. The second-order valence-corrected chi connectivity index (χ2v) is 12.9. The predicted octanol–water partition coefficient (Wildman–Crippen LogP) is 9.02. The number of rotatable bonds is 5. The first-order valence-corrected chi connectivity index (χ1v) is 16.7. The van der Waals surface area contributed by atoms with Gasteiger partial charge in [0.15, 0.2) is 0 Å². The molecule has 0 bridgehead atoms. The summed E-state index contributed by atoms with van der Waals surface area (Å²) >= 11 is 12.2. The maximum absolute atomic E-state index is 12.4. The quantitative estimate of drug-likeness (QED) is 0.199. The zero-order chi connectivity index (χ0) is 32.0. The third kappa shape index (κ3) is 7.24. The van der Waals surface area contributed by atoms with Crippen LogP contribution in [0.5, 0.6) is 0 Å². The summed E-state index contributed by atoms with van der Waals surface area (Å²) in [5.41, 5.74) is 6.79. The Labute approximate surface area is 282 Å². The van der Waals surface area contributed by atoms with Crippen molar-refractivity contribution < 1.29 is 4.79 Å². The molecule has 1 fully saturated rings. The van der Waals surface area contributed by atoms with Crippen molar-refractivity contribution in [3.63, 3.8) is 0 Å². The topological polar surface area (TPSA) is 47.6 Å². The Morgan fingerprint density at radius 1 is 0.739 bits per heavy atom. The zero-order valence-electron chi connectivity index (χ0n) is 26.3. The molecule has 236 valence electrons. The molecule has 5 aromatic rings. The van der Waals surface area contributed by atoms with Gasteiger partial charge in [-0.3, -0.25) is 4.79 Å². The molecule has 5 nitrogen and oxygen atoms in total. The number of anilines is 2. The maximum atomic E-state index is 12.4. The van der Waals surface area contributed by atoms with Crippen LogP contribution < -0.4 is 15.5 Å². The minimum Gasteiger partial charge on any atom is -0.368 e. The smallest absolute Gasteiger partial charge is 0.255 e. The largest absolute Gasteiger partial charge is 0.368 e. The summed E-state index contributed by atoms with van der Waals surface area (Å²) in [6.45, 7) is 4.19. The molecule has 7 heteroatoms. The van der Waals surface area contributed by atoms with Crippen molar-refractivity contribution in [2.75, 3.05) is 50.5 Å². The molecule has 2 N–H and O–H groups in total. The molecule has 2 atom stereocenters. The van der Waals surface area contributed by atoms with Crippen molar-refractivity contribution in [3.8, 4) is 0 Å². The Morgan fingerprint density at radius 3 is 2.22 bits per heavy atom. The van der Waals surface area contributed by atoms with Crippen LogP contribution in [0.25, 0.3) is 10.8 Å². The normalized spacial score (nSPS) is 18.0. The number of amides is 1. The number of likely N-dealkylation sites (N-methyl/N-ethyl adjacent to an activating group) is 1. The summed E-state index contributed by atoms with van der Waals surface area (Å²) in [6, 6.07) is 37.0. The molecule has 1 saturated heterocycles. The van der Waals surface area contributed by atoms with E-state index in [1.807, 2.05) is 55.6 Å². The average Bonchev–Trinajstić information content (AvgIpc) is 3.10. The van der Waals surface area contributed by atoms with Crippen LogP contribution in [0.3, 0.4) is 0 Å². The molecule has 0 saturated carbocycles. The molecule has 1 amide bonds. The summed E-state index contributed by atoms with van der Waals surface area (Å²) in [5.74, 6) is 0.326. The summed E-state index contributed by atoms with van der Waals surface area (Å²) in [6.07, 6.45) is 2.26. The van der Waals surface area contributed by atoms with E-state index in [4.69, 9.17) is 23.2 Å². The number of nitrogens with one attached hydrogen (secondary N) is 2. The molecular formula is C39H40Cl2N4O. The van der Waals surface area contributed by atoms with Crippen molar-refractivity contribution in [1.29, 1.82) is 0 Å². The number of fused-ring (bicyclic) bond motifs is 2. The van der Waals surface area contributed by atoms with E-state index in [0.29, 0.717) is 27.6 Å². The van der Waals surface area contributed by atoms with Gasteiger partial charge in [-0.25, -0.2) is 0 Å². The maximum Gasteiger partial charge on any atom is 0.255 e. The molecule has 46 heavy (non-hydrogen) atoms. The first-order valence-electron chi connectivity index (χ1n) is 15.9. The van der Waals surface area contributed by atoms with Gasteiger partial charge in [-0.2, -0.15) is 0 Å². The molecule has 1 aliphatic carbocycles. The van der Waals surface area contributed by atoms with Crippen LogP contribution in [0, 0.1) is 0 Å². The molecule has 1 aliphatic heterocycles. The summed E-state index contributed by atoms with van der Waals surface area (Å²) < 4.78 is 0. The van der Waals surface area contributed by atoms with E-state index in [0.717, 1.165) is 44.7 Å². The minimum absolute atomic E-state index is 0.0815. The monoisotopic (exact) mass is 650 g/mol. The van der Waals surface area contributed by atoms with Crippen LogP contribution in [-0.4, -0.2) is 51.1 Å². The highest BCUT2D eigenvalue weighted by molar-refractivity contribution is 6.42. The number of carbonyl (C=O) groups is 1. The molecule has 7 rings (SSSR count). The van der Waals surface area contributed by atoms with Crippen molar-refractivity contribution in [2.45, 2.75) is 24.8 Å². The van der Waals surface area contributed by atoms with E-state index >= 15 is 0 Å². The average molecular weight is 652 g/mol. The summed E-state index contributed by atoms with van der Waals surface area (Å²) in [4.78, 5) is 17.2. The highest BCUT2D eigenvalue weighted by Crippen LogP contribution is 2.42. The lowest BCUT2D eigenvalue weighted by Gasteiger charge is -2.34. The minimum atomic E-state index is -0.0815. The van der Waals surface area contributed by atoms with Gasteiger partial charge in [-0.15, -0.1) is 0 Å². The first kappa shape index (κ1) is 32.1. The van der Waals surface area contributed by atoms with Gasteiger partial charge in [0.05, 0.1) is 10.0 Å². The van der Waals surface area contributed by atoms with Crippen LogP contribution in [0.15, 0.2) is 109 Å². The third-order valence-electron chi connectivity index (χ3n) is 9.18. The third-order valence-corrected chi connectivity index (χ3v) is 9.92. The molecular weight excluding hydrogens is 611 g/mol. The number of halogens is 2. The molecule has 5 aromatic carbocycles. The second-order valence-electron chi connectivity index (χ2n) is 12.1. The number of nitrogens with zero attached hydrogens (tertiary/aromatic N) is 2. The van der Waals surface area contributed by atoms with E-state index in [1.165, 1.54) is 33.2 Å². The fraction of sp³-hybridized carbons (Fsp3) is 0.256. The fourth-order valence-corrected chi connectivity index (χ4v) is 6.92. The highest BCUT2D eigenvalue weighted by Gasteiger charge is 2.27. The Kier molecular flexibility index (Phi) is 10.3. The fourth-order valence-electron chi connectivity index (χ4n) is 6.61. The standard InChI is InChI=1S/C22H23N3O.C17H17Cl2N/c1-24-12-14-25(15-13-24)21-9-5-8-17-10-11-19(16-20(17)21)23-22(26)18-6-3-2-4-7-18;1-20-17-9-7-12(13-4-2-3-5-14(13)17)11-6-8-15(18)16(19)10-11/h2-11,16H,12-15H2,1H3,(H,23,26);2-6,8,10,12,17,20H,7,9H2,1H3/t;12-,17-/m.0/s1. The van der Waals surface area contributed by atoms with Crippen LogP contribution in [0.4, 0.5) is 11.4 Å². The zero-order valence-corrected chi connectivity index (χ0v) is 27.9. The van der Waals surface area contributed by atoms with Crippen LogP contribution in [0.2, 0.25) is 10.0 Å². The van der Waals surface area contributed by atoms with Gasteiger partial charge in [0.1, 0.15) is 0 Å². The molecule has 1 heterocycles. The van der Waals surface area contributed by atoms with Gasteiger partial charge in [0, 0.05) is 60.5 Å². The Morgan fingerprint density at radius 2 is 1.48 bits per heavy atom. The van der Waals surface area contributed by atoms with Crippen molar-refractivity contribution in [1.82, 2.24) is 10.2 Å². The van der Waals surface area contributed by atoms with Gasteiger partial charge in [0.2, 0.25) is 0 Å². The number of piperazine rings is 1. The van der Waals surface area contributed by atoms with E-state index in [-0.39, 0.29) is 5.91 Å². The lowest BCUT2D eigenvalue weighted by molar-refractivity contribution is 0.102. The number of benzene rings is 5. The highest BCUT2D eigenvalue weighted by atomic mass is 35.5. The second kappa shape index (κ2) is 14.7. The molecule has 0 unspecified atom stereocenters. The summed E-state index contributed by atoms with van der Waals surface area (Å²) in [5, 5.41) is 10.1. The van der Waals surface area contributed by atoms with Crippen LogP contribution >= 0.6 is 23.2 Å². The first-order chi connectivity index (χ1) is 22.4. The van der Waals surface area contributed by atoms with E-state index < -0.39 is 0 Å². The van der Waals surface area contributed by atoms with Gasteiger partial charge in [-0.1, -0.05) is 89.9 Å². The van der Waals surface area contributed by atoms with E-state index in [9.17, 15) is 4.79 Å². The number of hydrogen-bond donors (Lipinski definition) is 2. The van der Waals surface area contributed by atoms with Crippen LogP contribution in [-0.2, 0) is 0 Å². The molecule has 0 aromatic heterocycles. The van der Waals surface area contributed by atoms with Crippen LogP contribution in [0.1, 0.15) is 51.8 Å². The predicted molar refractivity (Wildman–Crippen MR) is 194 cm³/mol. The van der Waals surface area contributed by atoms with Gasteiger partial charge in [0.25, 0.3) is 5.91 Å². The van der Waals surface area contributed by atoms with E-state index in [2.05, 4.69) is 88.1 Å². The Hall–Kier alpha value is -3.87. The van der Waals surface area contributed by atoms with E-state index in [1.54, 1.807) is 0 Å². The van der Waals surface area contributed by atoms with Gasteiger partial charge >= 0.3 is 0 Å². The number of carbonyl (C=O) groups excluding carboxylic acids is 1. The lowest BCUT2D eigenvalue weighted by Crippen LogP contribution is -2.44.